The van der Waals surface area contributed by atoms with E-state index in [1.165, 1.54) is 18.2 Å². The predicted octanol–water partition coefficient (Wildman–Crippen LogP) is 2.97. The summed E-state index contributed by atoms with van der Waals surface area (Å²) in [7, 11) is 1.80. The second-order valence-corrected chi connectivity index (χ2v) is 5.84. The molecule has 0 saturated heterocycles. The van der Waals surface area contributed by atoms with Gasteiger partial charge in [0.05, 0.1) is 0 Å². The van der Waals surface area contributed by atoms with E-state index >= 15 is 0 Å². The van der Waals surface area contributed by atoms with Crippen LogP contribution < -0.4 is 16.0 Å². The van der Waals surface area contributed by atoms with Crippen LogP contribution >= 0.6 is 12.4 Å². The summed E-state index contributed by atoms with van der Waals surface area (Å²) in [5.41, 5.74) is 1.70. The molecule has 0 radical (unpaired) electrons. The fourth-order valence-electron chi connectivity index (χ4n) is 2.35. The first-order valence-electron chi connectivity index (χ1n) is 8.07. The van der Waals surface area contributed by atoms with Gasteiger partial charge in [0.25, 0.3) is 5.91 Å². The van der Waals surface area contributed by atoms with Crippen LogP contribution in [0, 0.1) is 11.7 Å². The molecule has 1 unspecified atom stereocenters. The Hall–Kier alpha value is -2.44. The summed E-state index contributed by atoms with van der Waals surface area (Å²) in [4.78, 5) is 24.1. The van der Waals surface area contributed by atoms with Crippen molar-refractivity contribution in [1.82, 2.24) is 10.6 Å². The zero-order chi connectivity index (χ0) is 18.2. The molecule has 0 aliphatic rings. The highest BCUT2D eigenvalue weighted by molar-refractivity contribution is 6.04. The van der Waals surface area contributed by atoms with Crippen LogP contribution in [0.4, 0.5) is 10.1 Å². The molecule has 0 aliphatic heterocycles. The van der Waals surface area contributed by atoms with Crippen molar-refractivity contribution < 1.29 is 14.0 Å². The molecule has 0 spiro atoms. The molecule has 140 valence electrons. The number of hydrogen-bond donors (Lipinski definition) is 3. The van der Waals surface area contributed by atoms with E-state index in [0.29, 0.717) is 18.8 Å². The van der Waals surface area contributed by atoms with Crippen LogP contribution in [0.5, 0.6) is 0 Å². The van der Waals surface area contributed by atoms with Crippen LogP contribution in [0.3, 0.4) is 0 Å². The van der Waals surface area contributed by atoms with E-state index in [2.05, 4.69) is 16.0 Å². The van der Waals surface area contributed by atoms with E-state index in [1.54, 1.807) is 31.3 Å². The third kappa shape index (κ3) is 6.46. The molecule has 0 fully saturated rings. The van der Waals surface area contributed by atoms with Crippen LogP contribution in [0.1, 0.15) is 22.8 Å². The first kappa shape index (κ1) is 21.6. The summed E-state index contributed by atoms with van der Waals surface area (Å²) < 4.78 is 13.2. The molecule has 2 rings (SSSR count). The maximum absolute atomic E-state index is 13.2. The van der Waals surface area contributed by atoms with Gasteiger partial charge in [-0.25, -0.2) is 4.39 Å². The summed E-state index contributed by atoms with van der Waals surface area (Å²) in [5, 5.41) is 8.55. The lowest BCUT2D eigenvalue weighted by molar-refractivity contribution is -0.124. The molecule has 0 bridgehead atoms. The second-order valence-electron chi connectivity index (χ2n) is 5.84. The topological polar surface area (TPSA) is 70.2 Å². The number of halogens is 2. The Labute approximate surface area is 158 Å². The van der Waals surface area contributed by atoms with E-state index in [9.17, 15) is 14.0 Å². The molecule has 0 heterocycles. The Morgan fingerprint density at radius 2 is 1.85 bits per heavy atom. The number of carbonyl (C=O) groups excluding carboxylic acids is 2. The maximum Gasteiger partial charge on any atom is 0.255 e. The SMILES string of the molecule is CNCC(C)C(=O)NCc1cccc(NC(=O)c2cccc(F)c2)c1.Cl. The van der Waals surface area contributed by atoms with E-state index in [1.807, 2.05) is 13.0 Å². The number of nitrogens with one attached hydrogen (secondary N) is 3. The van der Waals surface area contributed by atoms with Crippen LogP contribution in [-0.4, -0.2) is 25.4 Å². The molecule has 0 aliphatic carbocycles. The molecule has 5 nitrogen and oxygen atoms in total. The Morgan fingerprint density at radius 3 is 2.54 bits per heavy atom. The lowest BCUT2D eigenvalue weighted by Gasteiger charge is -2.12. The van der Waals surface area contributed by atoms with Gasteiger partial charge >= 0.3 is 0 Å². The fourth-order valence-corrected chi connectivity index (χ4v) is 2.35. The third-order valence-electron chi connectivity index (χ3n) is 3.70. The smallest absolute Gasteiger partial charge is 0.255 e. The summed E-state index contributed by atoms with van der Waals surface area (Å²) in [6.45, 7) is 2.83. The summed E-state index contributed by atoms with van der Waals surface area (Å²) in [6, 6.07) is 12.7. The average Bonchev–Trinajstić information content (AvgIpc) is 2.60. The van der Waals surface area contributed by atoms with Gasteiger partial charge in [0.1, 0.15) is 5.82 Å². The first-order chi connectivity index (χ1) is 12.0. The second kappa shape index (κ2) is 10.5. The summed E-state index contributed by atoms with van der Waals surface area (Å²) in [6.07, 6.45) is 0. The number of amides is 2. The number of rotatable bonds is 7. The molecule has 2 amide bonds. The zero-order valence-corrected chi connectivity index (χ0v) is 15.5. The zero-order valence-electron chi connectivity index (χ0n) is 14.7. The molecular formula is C19H23ClFN3O2. The molecule has 7 heteroatoms. The monoisotopic (exact) mass is 379 g/mol. The molecule has 3 N–H and O–H groups in total. The Kier molecular flexibility index (Phi) is 8.75. The van der Waals surface area contributed by atoms with Crippen molar-refractivity contribution >= 4 is 29.9 Å². The van der Waals surface area contributed by atoms with Crippen molar-refractivity contribution in [3.63, 3.8) is 0 Å². The van der Waals surface area contributed by atoms with Crippen LogP contribution in [0.2, 0.25) is 0 Å². The molecule has 2 aromatic rings. The van der Waals surface area contributed by atoms with Gasteiger partial charge in [0, 0.05) is 30.3 Å². The van der Waals surface area contributed by atoms with Crippen molar-refractivity contribution in [2.24, 2.45) is 5.92 Å². The minimum atomic E-state index is -0.459. The van der Waals surface area contributed by atoms with Gasteiger partial charge in [-0.3, -0.25) is 9.59 Å². The number of carbonyl (C=O) groups is 2. The van der Waals surface area contributed by atoms with Gasteiger partial charge in [0.2, 0.25) is 5.91 Å². The number of hydrogen-bond acceptors (Lipinski definition) is 3. The molecule has 26 heavy (non-hydrogen) atoms. The highest BCUT2D eigenvalue weighted by Gasteiger charge is 2.11. The van der Waals surface area contributed by atoms with Crippen molar-refractivity contribution in [3.05, 3.63) is 65.5 Å². The molecular weight excluding hydrogens is 357 g/mol. The highest BCUT2D eigenvalue weighted by atomic mass is 35.5. The number of anilines is 1. The van der Waals surface area contributed by atoms with Gasteiger partial charge in [-0.1, -0.05) is 25.1 Å². The van der Waals surface area contributed by atoms with Crippen LogP contribution in [0.25, 0.3) is 0 Å². The van der Waals surface area contributed by atoms with E-state index < -0.39 is 5.82 Å². The normalized spacial score (nSPS) is 11.2. The standard InChI is InChI=1S/C19H22FN3O2.ClH/c1-13(11-21-2)18(24)22-12-14-5-3-8-17(9-14)23-19(25)15-6-4-7-16(20)10-15;/h3-10,13,21H,11-12H2,1-2H3,(H,22,24)(H,23,25);1H. The van der Waals surface area contributed by atoms with Crippen molar-refractivity contribution in [1.29, 1.82) is 0 Å². The van der Waals surface area contributed by atoms with E-state index in [4.69, 9.17) is 0 Å². The minimum Gasteiger partial charge on any atom is -0.352 e. The Balaban J connectivity index is 0.00000338. The lowest BCUT2D eigenvalue weighted by Crippen LogP contribution is -2.33. The minimum absolute atomic E-state index is 0. The van der Waals surface area contributed by atoms with Crippen LogP contribution in [0.15, 0.2) is 48.5 Å². The predicted molar refractivity (Wildman–Crippen MR) is 103 cm³/mol. The van der Waals surface area contributed by atoms with Gasteiger partial charge in [-0.15, -0.1) is 12.4 Å². The van der Waals surface area contributed by atoms with Crippen molar-refractivity contribution in [2.45, 2.75) is 13.5 Å². The third-order valence-corrected chi connectivity index (χ3v) is 3.70. The number of benzene rings is 2. The summed E-state index contributed by atoms with van der Waals surface area (Å²) >= 11 is 0. The fraction of sp³-hybridized carbons (Fsp3) is 0.263. The first-order valence-corrected chi connectivity index (χ1v) is 8.07. The van der Waals surface area contributed by atoms with Gasteiger partial charge in [-0.05, 0) is 42.9 Å². The van der Waals surface area contributed by atoms with Crippen molar-refractivity contribution in [3.8, 4) is 0 Å². The molecule has 0 aromatic heterocycles. The van der Waals surface area contributed by atoms with Gasteiger partial charge in [-0.2, -0.15) is 0 Å². The van der Waals surface area contributed by atoms with Crippen molar-refractivity contribution in [2.75, 3.05) is 18.9 Å². The lowest BCUT2D eigenvalue weighted by atomic mass is 10.1. The molecule has 0 saturated carbocycles. The highest BCUT2D eigenvalue weighted by Crippen LogP contribution is 2.13. The Bertz CT molecular complexity index is 755. The molecule has 1 atom stereocenters. The largest absolute Gasteiger partial charge is 0.352 e. The van der Waals surface area contributed by atoms with E-state index in [0.717, 1.165) is 5.56 Å². The summed E-state index contributed by atoms with van der Waals surface area (Å²) in [5.74, 6) is -1.01. The Morgan fingerprint density at radius 1 is 1.12 bits per heavy atom. The van der Waals surface area contributed by atoms with E-state index in [-0.39, 0.29) is 35.7 Å². The van der Waals surface area contributed by atoms with Gasteiger partial charge < -0.3 is 16.0 Å². The van der Waals surface area contributed by atoms with Crippen LogP contribution in [-0.2, 0) is 11.3 Å². The quantitative estimate of drug-likeness (QED) is 0.692. The van der Waals surface area contributed by atoms with Gasteiger partial charge in [0.15, 0.2) is 0 Å². The average molecular weight is 380 g/mol. The molecule has 2 aromatic carbocycles. The maximum atomic E-state index is 13.2.